The standard InChI is InChI=1S/2C18H36O2.C6H12N4.Ca/c2*1-2-3-4-5-6-7-8-9-10-11-12-13-14-15-16-17-18(19)20;1-7-2-9-4-8(1)5-10(3-7)6-9;/h2*2-17H2,1H3,(H,19,20);1-6H2;/q;;;+2/p-2. The van der Waals surface area contributed by atoms with Gasteiger partial charge in [0.1, 0.15) is 0 Å². The third-order valence-corrected chi connectivity index (χ3v) is 10.4. The molecule has 4 bridgehead atoms. The molecule has 8 nitrogen and oxygen atoms in total. The molecule has 0 unspecified atom stereocenters. The summed E-state index contributed by atoms with van der Waals surface area (Å²) in [6, 6.07) is 0. The molecular weight excluding hydrogens is 665 g/mol. The number of nitrogens with zero attached hydrogens (tertiary/aromatic N) is 4. The van der Waals surface area contributed by atoms with Gasteiger partial charge < -0.3 is 19.8 Å². The second kappa shape index (κ2) is 38.3. The maximum atomic E-state index is 10.2. The van der Waals surface area contributed by atoms with Gasteiger partial charge in [-0.2, -0.15) is 0 Å². The number of hydrogen-bond donors (Lipinski definition) is 0. The summed E-state index contributed by atoms with van der Waals surface area (Å²) < 4.78 is 0. The average Bonchev–Trinajstić information content (AvgIpc) is 3.08. The molecule has 4 rings (SSSR count). The minimum Gasteiger partial charge on any atom is -0.550 e. The van der Waals surface area contributed by atoms with Crippen LogP contribution in [0.4, 0.5) is 0 Å². The van der Waals surface area contributed by atoms with E-state index in [2.05, 4.69) is 33.4 Å². The first-order chi connectivity index (χ1) is 24.4. The quantitative estimate of drug-likeness (QED) is 0.0500. The van der Waals surface area contributed by atoms with E-state index in [0.29, 0.717) is 0 Å². The Labute approximate surface area is 346 Å². The van der Waals surface area contributed by atoms with E-state index in [9.17, 15) is 19.8 Å². The largest absolute Gasteiger partial charge is 2.00 e. The number of carboxylic acid groups (broad SMARTS) is 2. The predicted molar refractivity (Wildman–Crippen MR) is 211 cm³/mol. The van der Waals surface area contributed by atoms with E-state index in [0.717, 1.165) is 25.7 Å². The smallest absolute Gasteiger partial charge is 0.550 e. The Balaban J connectivity index is 0.000000759. The van der Waals surface area contributed by atoms with Crippen molar-refractivity contribution in [1.29, 1.82) is 0 Å². The summed E-state index contributed by atoms with van der Waals surface area (Å²) in [6.07, 6.45) is 39.7. The minimum absolute atomic E-state index is 0. The van der Waals surface area contributed by atoms with E-state index < -0.39 is 11.9 Å². The molecule has 4 heterocycles. The third kappa shape index (κ3) is 34.3. The van der Waals surface area contributed by atoms with Gasteiger partial charge in [0.25, 0.3) is 0 Å². The Bertz CT molecular complexity index is 675. The monoisotopic (exact) mass is 747 g/mol. The average molecular weight is 747 g/mol. The van der Waals surface area contributed by atoms with Crippen molar-refractivity contribution >= 4 is 49.7 Å². The van der Waals surface area contributed by atoms with E-state index >= 15 is 0 Å². The summed E-state index contributed by atoms with van der Waals surface area (Å²) in [4.78, 5) is 30.3. The van der Waals surface area contributed by atoms with Crippen molar-refractivity contribution in [2.24, 2.45) is 0 Å². The van der Waals surface area contributed by atoms with Crippen molar-refractivity contribution in [3.8, 4) is 0 Å². The molecule has 4 aliphatic heterocycles. The van der Waals surface area contributed by atoms with Crippen LogP contribution >= 0.6 is 0 Å². The summed E-state index contributed by atoms with van der Waals surface area (Å²) in [6.45, 7) is 11.7. The maximum absolute atomic E-state index is 10.2. The molecule has 0 aromatic rings. The zero-order chi connectivity index (χ0) is 36.3. The van der Waals surface area contributed by atoms with Crippen molar-refractivity contribution in [3.05, 3.63) is 0 Å². The summed E-state index contributed by atoms with van der Waals surface area (Å²) in [5.74, 6) is -1.81. The number of carbonyl (C=O) groups is 2. The maximum Gasteiger partial charge on any atom is 2.00 e. The molecule has 0 saturated carbocycles. The van der Waals surface area contributed by atoms with Crippen LogP contribution in [-0.2, 0) is 9.59 Å². The fraction of sp³-hybridized carbons (Fsp3) is 0.952. The summed E-state index contributed by atoms with van der Waals surface area (Å²) in [7, 11) is 0. The van der Waals surface area contributed by atoms with Crippen molar-refractivity contribution in [2.45, 2.75) is 219 Å². The number of unbranched alkanes of at least 4 members (excludes halogenated alkanes) is 28. The Kier molecular flexibility index (Phi) is 38.3. The number of carbonyl (C=O) groups excluding carboxylic acids is 2. The first-order valence-corrected chi connectivity index (χ1v) is 21.7. The zero-order valence-electron chi connectivity index (χ0n) is 34.0. The topological polar surface area (TPSA) is 93.2 Å². The van der Waals surface area contributed by atoms with Gasteiger partial charge in [-0.3, -0.25) is 19.6 Å². The van der Waals surface area contributed by atoms with Crippen LogP contribution in [-0.4, -0.2) is 109 Å². The molecule has 0 aromatic carbocycles. The SMILES string of the molecule is C1N2CN3CN1CN(C2)C3.CCCCCCCCCCCCCCCCCC(=O)[O-].CCCCCCCCCCCCCCCCCC(=O)[O-].[Ca+2]. The molecule has 51 heavy (non-hydrogen) atoms. The van der Waals surface area contributed by atoms with Gasteiger partial charge in [-0.05, 0) is 25.7 Å². The van der Waals surface area contributed by atoms with Crippen LogP contribution in [0.2, 0.25) is 0 Å². The Morgan fingerprint density at radius 3 is 0.647 bits per heavy atom. The molecule has 0 radical (unpaired) electrons. The van der Waals surface area contributed by atoms with Crippen LogP contribution in [0.15, 0.2) is 0 Å². The molecule has 0 aromatic heterocycles. The zero-order valence-corrected chi connectivity index (χ0v) is 36.2. The van der Waals surface area contributed by atoms with Crippen molar-refractivity contribution in [1.82, 2.24) is 19.6 Å². The van der Waals surface area contributed by atoms with Gasteiger partial charge >= 0.3 is 37.7 Å². The van der Waals surface area contributed by atoms with E-state index in [1.54, 1.807) is 0 Å². The number of rotatable bonds is 32. The Morgan fingerprint density at radius 2 is 0.490 bits per heavy atom. The minimum atomic E-state index is -0.903. The van der Waals surface area contributed by atoms with Crippen LogP contribution < -0.4 is 10.2 Å². The molecular formula is C42H82CaN4O4. The van der Waals surface area contributed by atoms with E-state index in [1.807, 2.05) is 0 Å². The van der Waals surface area contributed by atoms with Crippen molar-refractivity contribution < 1.29 is 19.8 Å². The van der Waals surface area contributed by atoms with Gasteiger partial charge in [0.05, 0.1) is 40.0 Å². The molecule has 9 heteroatoms. The normalized spacial score (nSPS) is 19.8. The predicted octanol–water partition coefficient (Wildman–Crippen LogP) is 8.60. The number of carboxylic acids is 2. The number of hydrogen-bond acceptors (Lipinski definition) is 8. The summed E-state index contributed by atoms with van der Waals surface area (Å²) in [5, 5.41) is 20.4. The van der Waals surface area contributed by atoms with Crippen molar-refractivity contribution in [3.63, 3.8) is 0 Å². The van der Waals surface area contributed by atoms with Gasteiger partial charge in [-0.15, -0.1) is 0 Å². The molecule has 0 amide bonds. The third-order valence-electron chi connectivity index (χ3n) is 10.4. The number of aliphatic carboxylic acids is 2. The van der Waals surface area contributed by atoms with Gasteiger partial charge in [-0.25, -0.2) is 0 Å². The van der Waals surface area contributed by atoms with Crippen LogP contribution in [0, 0.1) is 0 Å². The molecule has 0 N–H and O–H groups in total. The molecule has 4 fully saturated rings. The molecule has 4 saturated heterocycles. The summed E-state index contributed by atoms with van der Waals surface area (Å²) in [5.41, 5.74) is 0. The fourth-order valence-electron chi connectivity index (χ4n) is 7.52. The van der Waals surface area contributed by atoms with Crippen LogP contribution in [0.5, 0.6) is 0 Å². The van der Waals surface area contributed by atoms with Crippen LogP contribution in [0.3, 0.4) is 0 Å². The van der Waals surface area contributed by atoms with Gasteiger partial charge in [0.15, 0.2) is 0 Å². The van der Waals surface area contributed by atoms with Gasteiger partial charge in [0, 0.05) is 11.9 Å². The fourth-order valence-corrected chi connectivity index (χ4v) is 7.52. The molecule has 4 aliphatic rings. The molecule has 0 spiro atoms. The second-order valence-electron chi connectivity index (χ2n) is 15.7. The van der Waals surface area contributed by atoms with Gasteiger partial charge in [0.2, 0.25) is 0 Å². The molecule has 0 aliphatic carbocycles. The van der Waals surface area contributed by atoms with E-state index in [-0.39, 0.29) is 50.6 Å². The molecule has 0 atom stereocenters. The first kappa shape index (κ1) is 51.0. The van der Waals surface area contributed by atoms with Gasteiger partial charge in [-0.1, -0.05) is 194 Å². The van der Waals surface area contributed by atoms with Crippen molar-refractivity contribution in [2.75, 3.05) is 40.0 Å². The molecule has 296 valence electrons. The first-order valence-electron chi connectivity index (χ1n) is 21.7. The second-order valence-corrected chi connectivity index (χ2v) is 15.7. The van der Waals surface area contributed by atoms with E-state index in [1.165, 1.54) is 207 Å². The summed E-state index contributed by atoms with van der Waals surface area (Å²) >= 11 is 0. The van der Waals surface area contributed by atoms with Crippen LogP contribution in [0.1, 0.15) is 219 Å². The Hall–Kier alpha value is 0.0397. The van der Waals surface area contributed by atoms with Crippen LogP contribution in [0.25, 0.3) is 0 Å². The van der Waals surface area contributed by atoms with E-state index in [4.69, 9.17) is 0 Å². The Morgan fingerprint density at radius 1 is 0.333 bits per heavy atom.